The van der Waals surface area contributed by atoms with Gasteiger partial charge >= 0.3 is 0 Å². The molecule has 0 unspecified atom stereocenters. The zero-order chi connectivity index (χ0) is 14.9. The van der Waals surface area contributed by atoms with Gasteiger partial charge in [0.15, 0.2) is 0 Å². The smallest absolute Gasteiger partial charge is 0.259 e. The Morgan fingerprint density at radius 2 is 1.55 bits per heavy atom. The van der Waals surface area contributed by atoms with E-state index in [0.29, 0.717) is 22.8 Å². The van der Waals surface area contributed by atoms with E-state index in [-0.39, 0.29) is 5.91 Å². The maximum atomic E-state index is 12.4. The van der Waals surface area contributed by atoms with Crippen LogP contribution in [0.4, 0.5) is 5.69 Å². The van der Waals surface area contributed by atoms with Gasteiger partial charge in [-0.25, -0.2) is 9.97 Å². The summed E-state index contributed by atoms with van der Waals surface area (Å²) in [6, 6.07) is 5.86. The Kier molecular flexibility index (Phi) is 3.84. The summed E-state index contributed by atoms with van der Waals surface area (Å²) in [4.78, 5) is 20.9. The molecule has 1 aromatic heterocycles. The molecule has 0 saturated carbocycles. The maximum Gasteiger partial charge on any atom is 0.259 e. The van der Waals surface area contributed by atoms with Crippen molar-refractivity contribution in [2.45, 2.75) is 34.6 Å². The van der Waals surface area contributed by atoms with E-state index in [9.17, 15) is 4.79 Å². The molecule has 2 rings (SSSR count). The fraction of sp³-hybridized carbons (Fsp3) is 0.312. The van der Waals surface area contributed by atoms with Crippen molar-refractivity contribution in [3.05, 3.63) is 52.1 Å². The lowest BCUT2D eigenvalue weighted by Gasteiger charge is -2.11. The largest absolute Gasteiger partial charge is 0.322 e. The molecule has 0 aliphatic heterocycles. The topological polar surface area (TPSA) is 54.9 Å². The number of carbonyl (C=O) groups is 1. The molecular weight excluding hydrogens is 250 g/mol. The van der Waals surface area contributed by atoms with Crippen LogP contribution in [0.3, 0.4) is 0 Å². The summed E-state index contributed by atoms with van der Waals surface area (Å²) in [5.41, 5.74) is 5.10. The second-order valence-corrected chi connectivity index (χ2v) is 5.07. The average Bonchev–Trinajstić information content (AvgIpc) is 2.32. The van der Waals surface area contributed by atoms with Gasteiger partial charge in [0.1, 0.15) is 5.82 Å². The quantitative estimate of drug-likeness (QED) is 0.910. The molecule has 0 aliphatic rings. The molecular formula is C16H19N3O. The normalized spacial score (nSPS) is 10.4. The van der Waals surface area contributed by atoms with Gasteiger partial charge in [-0.1, -0.05) is 6.07 Å². The average molecular weight is 269 g/mol. The van der Waals surface area contributed by atoms with Crippen molar-refractivity contribution in [1.82, 2.24) is 9.97 Å². The number of carbonyl (C=O) groups excluding carboxylic acids is 1. The van der Waals surface area contributed by atoms with Gasteiger partial charge in [-0.3, -0.25) is 4.79 Å². The molecule has 0 saturated heterocycles. The SMILES string of the molecule is Cc1nc(C)c(C(=O)Nc2ccc(C)c(C)c2)c(C)n1. The molecule has 1 amide bonds. The van der Waals surface area contributed by atoms with Gasteiger partial charge in [0, 0.05) is 5.69 Å². The minimum absolute atomic E-state index is 0.164. The van der Waals surface area contributed by atoms with Crippen molar-refractivity contribution in [2.24, 2.45) is 0 Å². The van der Waals surface area contributed by atoms with Crippen LogP contribution >= 0.6 is 0 Å². The van der Waals surface area contributed by atoms with Crippen molar-refractivity contribution in [1.29, 1.82) is 0 Å². The summed E-state index contributed by atoms with van der Waals surface area (Å²) in [5.74, 6) is 0.519. The zero-order valence-corrected chi connectivity index (χ0v) is 12.5. The lowest BCUT2D eigenvalue weighted by Crippen LogP contribution is -2.17. The lowest BCUT2D eigenvalue weighted by atomic mass is 10.1. The van der Waals surface area contributed by atoms with Crippen LogP contribution in [-0.2, 0) is 0 Å². The minimum atomic E-state index is -0.164. The molecule has 1 aromatic carbocycles. The van der Waals surface area contributed by atoms with Gasteiger partial charge in [-0.2, -0.15) is 0 Å². The van der Waals surface area contributed by atoms with E-state index >= 15 is 0 Å². The van der Waals surface area contributed by atoms with E-state index in [4.69, 9.17) is 0 Å². The Morgan fingerprint density at radius 3 is 2.10 bits per heavy atom. The highest BCUT2D eigenvalue weighted by Gasteiger charge is 2.15. The predicted molar refractivity (Wildman–Crippen MR) is 80.1 cm³/mol. The highest BCUT2D eigenvalue weighted by atomic mass is 16.1. The first-order valence-electron chi connectivity index (χ1n) is 6.59. The van der Waals surface area contributed by atoms with Crippen LogP contribution in [0.2, 0.25) is 0 Å². The van der Waals surface area contributed by atoms with Crippen molar-refractivity contribution in [3.63, 3.8) is 0 Å². The Bertz CT molecular complexity index is 654. The molecule has 0 aliphatic carbocycles. The molecule has 0 fully saturated rings. The number of rotatable bonds is 2. The summed E-state index contributed by atoms with van der Waals surface area (Å²) < 4.78 is 0. The van der Waals surface area contributed by atoms with Gasteiger partial charge in [0.25, 0.3) is 5.91 Å². The van der Waals surface area contributed by atoms with Crippen LogP contribution in [-0.4, -0.2) is 15.9 Å². The van der Waals surface area contributed by atoms with E-state index in [0.717, 1.165) is 11.3 Å². The number of amides is 1. The number of hydrogen-bond donors (Lipinski definition) is 1. The Morgan fingerprint density at radius 1 is 0.950 bits per heavy atom. The number of nitrogens with zero attached hydrogens (tertiary/aromatic N) is 2. The summed E-state index contributed by atoms with van der Waals surface area (Å²) in [6.45, 7) is 9.55. The van der Waals surface area contributed by atoms with E-state index in [1.807, 2.05) is 52.8 Å². The summed E-state index contributed by atoms with van der Waals surface area (Å²) in [6.07, 6.45) is 0. The van der Waals surface area contributed by atoms with Gasteiger partial charge in [-0.15, -0.1) is 0 Å². The van der Waals surface area contributed by atoms with Gasteiger partial charge in [-0.05, 0) is 57.9 Å². The molecule has 0 radical (unpaired) electrons. The van der Waals surface area contributed by atoms with E-state index in [1.54, 1.807) is 0 Å². The van der Waals surface area contributed by atoms with E-state index < -0.39 is 0 Å². The summed E-state index contributed by atoms with van der Waals surface area (Å²) in [5, 5.41) is 2.91. The first kappa shape index (κ1) is 14.2. The first-order chi connectivity index (χ1) is 9.38. The van der Waals surface area contributed by atoms with Crippen molar-refractivity contribution in [2.75, 3.05) is 5.32 Å². The third kappa shape index (κ3) is 2.85. The predicted octanol–water partition coefficient (Wildman–Crippen LogP) is 3.27. The number of aryl methyl sites for hydroxylation is 5. The maximum absolute atomic E-state index is 12.4. The molecule has 4 nitrogen and oxygen atoms in total. The minimum Gasteiger partial charge on any atom is -0.322 e. The van der Waals surface area contributed by atoms with Crippen LogP contribution in [0.1, 0.15) is 38.7 Å². The monoisotopic (exact) mass is 269 g/mol. The van der Waals surface area contributed by atoms with Crippen LogP contribution in [0.25, 0.3) is 0 Å². The number of benzene rings is 1. The van der Waals surface area contributed by atoms with Crippen molar-refractivity contribution in [3.8, 4) is 0 Å². The second-order valence-electron chi connectivity index (χ2n) is 5.07. The number of anilines is 1. The second kappa shape index (κ2) is 5.41. The molecule has 1 heterocycles. The molecule has 2 aromatic rings. The van der Waals surface area contributed by atoms with Crippen LogP contribution in [0.15, 0.2) is 18.2 Å². The summed E-state index contributed by atoms with van der Waals surface area (Å²) >= 11 is 0. The van der Waals surface area contributed by atoms with Gasteiger partial charge in [0.2, 0.25) is 0 Å². The highest BCUT2D eigenvalue weighted by molar-refractivity contribution is 6.05. The fourth-order valence-electron chi connectivity index (χ4n) is 2.23. The van der Waals surface area contributed by atoms with E-state index in [2.05, 4.69) is 15.3 Å². The molecule has 0 spiro atoms. The third-order valence-corrected chi connectivity index (χ3v) is 3.37. The Hall–Kier alpha value is -2.23. The molecule has 0 atom stereocenters. The number of nitrogens with one attached hydrogen (secondary N) is 1. The number of hydrogen-bond acceptors (Lipinski definition) is 3. The molecule has 4 heteroatoms. The van der Waals surface area contributed by atoms with Crippen LogP contribution in [0.5, 0.6) is 0 Å². The van der Waals surface area contributed by atoms with Crippen molar-refractivity contribution >= 4 is 11.6 Å². The number of aromatic nitrogens is 2. The zero-order valence-electron chi connectivity index (χ0n) is 12.5. The lowest BCUT2D eigenvalue weighted by molar-refractivity contribution is 0.102. The van der Waals surface area contributed by atoms with Gasteiger partial charge in [0.05, 0.1) is 17.0 Å². The van der Waals surface area contributed by atoms with E-state index in [1.165, 1.54) is 5.56 Å². The Labute approximate surface area is 119 Å². The third-order valence-electron chi connectivity index (χ3n) is 3.37. The fourth-order valence-corrected chi connectivity index (χ4v) is 2.23. The molecule has 0 bridgehead atoms. The van der Waals surface area contributed by atoms with Crippen LogP contribution in [0, 0.1) is 34.6 Å². The standard InChI is InChI=1S/C16H19N3O/c1-9-6-7-14(8-10(9)2)19-16(20)15-11(3)17-13(5)18-12(15)4/h6-8H,1-5H3,(H,19,20). The first-order valence-corrected chi connectivity index (χ1v) is 6.59. The van der Waals surface area contributed by atoms with Crippen LogP contribution < -0.4 is 5.32 Å². The Balaban J connectivity index is 2.31. The summed E-state index contributed by atoms with van der Waals surface area (Å²) in [7, 11) is 0. The van der Waals surface area contributed by atoms with Crippen molar-refractivity contribution < 1.29 is 4.79 Å². The highest BCUT2D eigenvalue weighted by Crippen LogP contribution is 2.17. The van der Waals surface area contributed by atoms with Gasteiger partial charge < -0.3 is 5.32 Å². The molecule has 1 N–H and O–H groups in total. The molecule has 20 heavy (non-hydrogen) atoms. The molecule has 104 valence electrons.